The number of hydroxylamine groups is 2. The minimum absolute atomic E-state index is 0.0345. The Hall–Kier alpha value is -3.60. The molecule has 20 nitrogen and oxygen atoms in total. The van der Waals surface area contributed by atoms with Crippen molar-refractivity contribution in [1.29, 1.82) is 0 Å². The number of ether oxygens (including phenoxy) is 9. The van der Waals surface area contributed by atoms with Crippen molar-refractivity contribution in [2.24, 2.45) is 0 Å². The van der Waals surface area contributed by atoms with Crippen molar-refractivity contribution < 1.29 is 81.3 Å². The maximum absolute atomic E-state index is 13.1. The van der Waals surface area contributed by atoms with Gasteiger partial charge in [-0.25, -0.2) is 4.79 Å². The van der Waals surface area contributed by atoms with Crippen molar-refractivity contribution in [3.63, 3.8) is 0 Å². The van der Waals surface area contributed by atoms with E-state index in [-0.39, 0.29) is 96.8 Å². The molecule has 0 aromatic heterocycles. The van der Waals surface area contributed by atoms with Gasteiger partial charge < -0.3 is 62.4 Å². The summed E-state index contributed by atoms with van der Waals surface area (Å²) in [6.07, 6.45) is 3.09. The summed E-state index contributed by atoms with van der Waals surface area (Å²) < 4.78 is 48.9. The van der Waals surface area contributed by atoms with E-state index in [1.165, 1.54) is 11.0 Å². The predicted molar refractivity (Wildman–Crippen MR) is 183 cm³/mol. The highest BCUT2D eigenvalue weighted by Gasteiger charge is 2.32. The molecule has 2 aliphatic rings. The van der Waals surface area contributed by atoms with E-state index < -0.39 is 23.8 Å². The molecule has 2 heterocycles. The number of imide groups is 1. The molecule has 1 saturated heterocycles. The third-order valence-corrected chi connectivity index (χ3v) is 7.33. The van der Waals surface area contributed by atoms with Gasteiger partial charge in [-0.05, 0) is 0 Å². The fourth-order valence-electron chi connectivity index (χ4n) is 4.47. The van der Waals surface area contributed by atoms with Gasteiger partial charge in [0, 0.05) is 45.0 Å². The summed E-state index contributed by atoms with van der Waals surface area (Å²) in [7, 11) is 0. The van der Waals surface area contributed by atoms with Crippen LogP contribution in [0.1, 0.15) is 32.1 Å². The van der Waals surface area contributed by atoms with Crippen molar-refractivity contribution in [1.82, 2.24) is 14.9 Å². The largest absolute Gasteiger partial charge is 0.481 e. The molecule has 0 aromatic rings. The van der Waals surface area contributed by atoms with Crippen LogP contribution in [0.5, 0.6) is 0 Å². The van der Waals surface area contributed by atoms with Gasteiger partial charge in [-0.1, -0.05) is 6.08 Å². The van der Waals surface area contributed by atoms with Gasteiger partial charge in [-0.15, -0.1) is 5.06 Å². The number of hydrogen-bond donors (Lipinski definition) is 1. The Labute approximate surface area is 314 Å². The molecular formula is C34H55N3O17. The summed E-state index contributed by atoms with van der Waals surface area (Å²) in [4.78, 5) is 78.2. The zero-order chi connectivity index (χ0) is 39.1. The normalized spacial score (nSPS) is 14.6. The van der Waals surface area contributed by atoms with Crippen LogP contribution in [0.2, 0.25) is 0 Å². The third kappa shape index (κ3) is 23.2. The van der Waals surface area contributed by atoms with Crippen LogP contribution in [0.15, 0.2) is 12.2 Å². The molecule has 0 saturated carbocycles. The molecule has 1 fully saturated rings. The molecule has 2 rings (SSSR count). The van der Waals surface area contributed by atoms with Crippen molar-refractivity contribution in [2.75, 3.05) is 139 Å². The van der Waals surface area contributed by atoms with E-state index in [4.69, 9.17) is 52.6 Å². The topological polar surface area (TPSA) is 225 Å². The van der Waals surface area contributed by atoms with Crippen LogP contribution in [-0.2, 0) is 76.2 Å². The monoisotopic (exact) mass is 777 g/mol. The fourth-order valence-corrected chi connectivity index (χ4v) is 4.47. The maximum atomic E-state index is 13.1. The maximum Gasteiger partial charge on any atom is 0.335 e. The highest BCUT2D eigenvalue weighted by atomic mass is 16.7. The zero-order valence-electron chi connectivity index (χ0n) is 30.9. The van der Waals surface area contributed by atoms with E-state index in [9.17, 15) is 28.8 Å². The van der Waals surface area contributed by atoms with Gasteiger partial charge in [0.05, 0.1) is 125 Å². The van der Waals surface area contributed by atoms with E-state index in [2.05, 4.69) is 0 Å². The number of nitrogens with zero attached hydrogens (tertiary/aromatic N) is 3. The highest BCUT2D eigenvalue weighted by molar-refractivity contribution is 6.01. The second-order valence-corrected chi connectivity index (χ2v) is 11.5. The fraction of sp³-hybridized carbons (Fsp3) is 0.765. The number of hydrogen-bond acceptors (Lipinski definition) is 16. The van der Waals surface area contributed by atoms with Crippen molar-refractivity contribution in [2.45, 2.75) is 32.1 Å². The average Bonchev–Trinajstić information content (AvgIpc) is 3.32. The Bertz CT molecular complexity index is 1120. The summed E-state index contributed by atoms with van der Waals surface area (Å²) in [6, 6.07) is 0. The van der Waals surface area contributed by atoms with Crippen molar-refractivity contribution >= 4 is 35.6 Å². The first kappa shape index (κ1) is 46.6. The second kappa shape index (κ2) is 30.7. The Morgan fingerprint density at radius 3 is 1.56 bits per heavy atom. The summed E-state index contributed by atoms with van der Waals surface area (Å²) in [5, 5.41) is 9.06. The van der Waals surface area contributed by atoms with Crippen LogP contribution in [0.25, 0.3) is 0 Å². The predicted octanol–water partition coefficient (Wildman–Crippen LogP) is -0.818. The van der Waals surface area contributed by atoms with E-state index in [0.717, 1.165) is 0 Å². The number of aliphatic carboxylic acids is 1. The van der Waals surface area contributed by atoms with Crippen LogP contribution < -0.4 is 0 Å². The van der Waals surface area contributed by atoms with Gasteiger partial charge in [0.1, 0.15) is 6.73 Å². The number of rotatable bonds is 34. The summed E-state index contributed by atoms with van der Waals surface area (Å²) in [5.74, 6) is -3.07. The molecule has 0 spiro atoms. The van der Waals surface area contributed by atoms with Crippen LogP contribution in [0.4, 0.5) is 0 Å². The lowest BCUT2D eigenvalue weighted by Gasteiger charge is -2.25. The minimum Gasteiger partial charge on any atom is -0.481 e. The minimum atomic E-state index is -0.910. The first-order chi connectivity index (χ1) is 26.3. The van der Waals surface area contributed by atoms with Gasteiger partial charge in [-0.2, -0.15) is 0 Å². The lowest BCUT2D eigenvalue weighted by Crippen LogP contribution is -2.40. The van der Waals surface area contributed by atoms with Crippen molar-refractivity contribution in [3.05, 3.63) is 12.2 Å². The van der Waals surface area contributed by atoms with Crippen molar-refractivity contribution in [3.8, 4) is 0 Å². The number of carboxylic acid groups (broad SMARTS) is 1. The van der Waals surface area contributed by atoms with Gasteiger partial charge in [0.2, 0.25) is 11.8 Å². The molecule has 0 bridgehead atoms. The number of amides is 4. The molecule has 0 atom stereocenters. The Balaban J connectivity index is 1.51. The highest BCUT2D eigenvalue weighted by Crippen LogP contribution is 2.12. The molecule has 0 radical (unpaired) electrons. The zero-order valence-corrected chi connectivity index (χ0v) is 30.9. The summed E-state index contributed by atoms with van der Waals surface area (Å²) in [5.41, 5.74) is 0. The van der Waals surface area contributed by atoms with Crippen LogP contribution in [0.3, 0.4) is 0 Å². The molecule has 0 aliphatic carbocycles. The summed E-state index contributed by atoms with van der Waals surface area (Å²) >= 11 is 0. The molecular weight excluding hydrogens is 722 g/mol. The molecule has 20 heteroatoms. The molecule has 308 valence electrons. The van der Waals surface area contributed by atoms with E-state index in [1.807, 2.05) is 0 Å². The number of carbonyl (C=O) groups is 6. The Morgan fingerprint density at radius 1 is 0.630 bits per heavy atom. The number of carboxylic acids is 1. The van der Waals surface area contributed by atoms with E-state index in [0.29, 0.717) is 90.8 Å². The lowest BCUT2D eigenvalue weighted by molar-refractivity contribution is -0.198. The SMILES string of the molecule is O=C(O)CCOCCOCCOCCOCCN(CCOCCOCCOCCOCCC(=O)ON1C(=O)CCC1=O)C(=O)CCN1COCC=CC1=O. The van der Waals surface area contributed by atoms with Gasteiger partial charge >= 0.3 is 11.9 Å². The first-order valence-electron chi connectivity index (χ1n) is 18.0. The van der Waals surface area contributed by atoms with Crippen LogP contribution in [0, 0.1) is 0 Å². The second-order valence-electron chi connectivity index (χ2n) is 11.5. The third-order valence-electron chi connectivity index (χ3n) is 7.33. The van der Waals surface area contributed by atoms with Crippen LogP contribution >= 0.6 is 0 Å². The van der Waals surface area contributed by atoms with Crippen LogP contribution in [-0.4, -0.2) is 194 Å². The van der Waals surface area contributed by atoms with Gasteiger partial charge in [-0.3, -0.25) is 24.0 Å². The molecule has 0 unspecified atom stereocenters. The standard InChI is InChI=1S/C34H55N3O17/c38-29-2-1-11-53-28-36(29)8-5-30(39)35(9-14-47-18-22-51-26-24-49-20-16-45-12-6-33(42)43)10-15-48-19-23-52-27-25-50-21-17-46-13-7-34(44)54-37-31(40)3-4-32(37)41/h1-2H,3-28H2,(H,42,43). The first-order valence-corrected chi connectivity index (χ1v) is 18.0. The van der Waals surface area contributed by atoms with Gasteiger partial charge in [0.25, 0.3) is 11.8 Å². The molecule has 2 aliphatic heterocycles. The molecule has 4 amide bonds. The molecule has 54 heavy (non-hydrogen) atoms. The average molecular weight is 778 g/mol. The Kier molecular flexibility index (Phi) is 26.5. The van der Waals surface area contributed by atoms with E-state index >= 15 is 0 Å². The molecule has 0 aromatic carbocycles. The van der Waals surface area contributed by atoms with Gasteiger partial charge in [0.15, 0.2) is 0 Å². The quantitative estimate of drug-likeness (QED) is 0.0623. The Morgan fingerprint density at radius 2 is 1.07 bits per heavy atom. The smallest absolute Gasteiger partial charge is 0.335 e. The van der Waals surface area contributed by atoms with E-state index in [1.54, 1.807) is 11.0 Å². The lowest BCUT2D eigenvalue weighted by atomic mass is 10.3. The summed E-state index contributed by atoms with van der Waals surface area (Å²) in [6.45, 7) is 5.83. The molecule has 1 N–H and O–H groups in total. The number of carbonyl (C=O) groups excluding carboxylic acids is 5.